The molecule has 1 unspecified atom stereocenters. The number of aliphatic hydroxyl groups excluding tert-OH is 1. The van der Waals surface area contributed by atoms with E-state index in [9.17, 15) is 9.50 Å². The van der Waals surface area contributed by atoms with Gasteiger partial charge >= 0.3 is 0 Å². The summed E-state index contributed by atoms with van der Waals surface area (Å²) in [5.74, 6) is -0.217. The van der Waals surface area contributed by atoms with Crippen LogP contribution >= 0.6 is 11.6 Å². The molecule has 1 N–H and O–H groups in total. The molecule has 0 saturated carbocycles. The smallest absolute Gasteiger partial charge is 0.145 e. The first-order valence-corrected chi connectivity index (χ1v) is 4.63. The zero-order valence-electron chi connectivity index (χ0n) is 8.05. The quantitative estimate of drug-likeness (QED) is 0.844. The lowest BCUT2D eigenvalue weighted by Gasteiger charge is -2.11. The largest absolute Gasteiger partial charge is 0.495 e. The number of hydrogen-bond acceptors (Lipinski definition) is 2. The second-order valence-corrected chi connectivity index (χ2v) is 3.48. The Kier molecular flexibility index (Phi) is 3.72. The average molecular weight is 219 g/mol. The molecule has 78 valence electrons. The van der Waals surface area contributed by atoms with Crippen molar-refractivity contribution in [1.29, 1.82) is 0 Å². The van der Waals surface area contributed by atoms with E-state index in [1.54, 1.807) is 13.0 Å². The van der Waals surface area contributed by atoms with Gasteiger partial charge in [0.2, 0.25) is 0 Å². The number of halogens is 2. The first-order chi connectivity index (χ1) is 6.56. The van der Waals surface area contributed by atoms with Gasteiger partial charge in [-0.05, 0) is 18.6 Å². The van der Waals surface area contributed by atoms with Crippen LogP contribution in [0.25, 0.3) is 0 Å². The van der Waals surface area contributed by atoms with Crippen molar-refractivity contribution in [2.75, 3.05) is 7.11 Å². The molecule has 0 heterocycles. The summed E-state index contributed by atoms with van der Waals surface area (Å²) in [6.07, 6.45) is -0.117. The maximum Gasteiger partial charge on any atom is 0.145 e. The lowest BCUT2D eigenvalue weighted by Crippen LogP contribution is -2.06. The molecule has 1 rings (SSSR count). The van der Waals surface area contributed by atoms with Crippen LogP contribution in [0.4, 0.5) is 4.39 Å². The lowest BCUT2D eigenvalue weighted by atomic mass is 10.1. The summed E-state index contributed by atoms with van der Waals surface area (Å²) in [5.41, 5.74) is 0.703. The predicted molar refractivity (Wildman–Crippen MR) is 53.3 cm³/mol. The highest BCUT2D eigenvalue weighted by molar-refractivity contribution is 6.32. The van der Waals surface area contributed by atoms with E-state index in [4.69, 9.17) is 16.3 Å². The summed E-state index contributed by atoms with van der Waals surface area (Å²) >= 11 is 5.70. The first-order valence-electron chi connectivity index (χ1n) is 4.25. The van der Waals surface area contributed by atoms with Crippen LogP contribution < -0.4 is 4.74 Å². The third kappa shape index (κ3) is 2.36. The van der Waals surface area contributed by atoms with Crippen LogP contribution in [-0.2, 0) is 6.42 Å². The lowest BCUT2D eigenvalue weighted by molar-refractivity contribution is 0.194. The van der Waals surface area contributed by atoms with E-state index in [-0.39, 0.29) is 5.02 Å². The summed E-state index contributed by atoms with van der Waals surface area (Å²) in [7, 11) is 1.42. The zero-order chi connectivity index (χ0) is 10.7. The molecule has 0 aliphatic carbocycles. The molecule has 0 aromatic heterocycles. The van der Waals surface area contributed by atoms with Gasteiger partial charge in [-0.3, -0.25) is 0 Å². The Bertz CT molecular complexity index is 326. The summed E-state index contributed by atoms with van der Waals surface area (Å²) in [6, 6.07) is 2.83. The first kappa shape index (κ1) is 11.3. The van der Waals surface area contributed by atoms with Gasteiger partial charge in [0, 0.05) is 6.42 Å². The summed E-state index contributed by atoms with van der Waals surface area (Å²) in [4.78, 5) is 0. The minimum absolute atomic E-state index is 0.0364. The van der Waals surface area contributed by atoms with Crippen LogP contribution in [0.15, 0.2) is 12.1 Å². The number of aliphatic hydroxyl groups is 1. The molecule has 0 fully saturated rings. The molecule has 1 atom stereocenters. The molecular formula is C10H12ClFO2. The number of benzene rings is 1. The number of methoxy groups -OCH3 is 1. The maximum atomic E-state index is 13.0. The molecule has 0 aliphatic rings. The van der Waals surface area contributed by atoms with Crippen molar-refractivity contribution < 1.29 is 14.2 Å². The normalized spacial score (nSPS) is 12.6. The molecule has 0 bridgehead atoms. The van der Waals surface area contributed by atoms with Crippen molar-refractivity contribution in [3.8, 4) is 5.75 Å². The van der Waals surface area contributed by atoms with Gasteiger partial charge < -0.3 is 9.84 Å². The topological polar surface area (TPSA) is 29.5 Å². The number of rotatable bonds is 3. The molecule has 0 amide bonds. The van der Waals surface area contributed by atoms with Crippen LogP contribution in [0.3, 0.4) is 0 Å². The Morgan fingerprint density at radius 1 is 1.57 bits per heavy atom. The molecule has 0 radical (unpaired) electrons. The second-order valence-electron chi connectivity index (χ2n) is 3.11. The fourth-order valence-electron chi connectivity index (χ4n) is 1.27. The van der Waals surface area contributed by atoms with Crippen molar-refractivity contribution in [2.45, 2.75) is 19.4 Å². The van der Waals surface area contributed by atoms with Crippen molar-refractivity contribution in [3.63, 3.8) is 0 Å². The summed E-state index contributed by atoms with van der Waals surface area (Å²) in [6.45, 7) is 1.65. The minimum Gasteiger partial charge on any atom is -0.495 e. The van der Waals surface area contributed by atoms with Gasteiger partial charge in [-0.1, -0.05) is 17.7 Å². The van der Waals surface area contributed by atoms with E-state index in [0.717, 1.165) is 0 Å². The highest BCUT2D eigenvalue weighted by Crippen LogP contribution is 2.31. The van der Waals surface area contributed by atoms with Crippen LogP contribution in [-0.4, -0.2) is 18.3 Å². The fourth-order valence-corrected chi connectivity index (χ4v) is 1.53. The van der Waals surface area contributed by atoms with Crippen molar-refractivity contribution in [3.05, 3.63) is 28.5 Å². The van der Waals surface area contributed by atoms with Crippen molar-refractivity contribution in [2.24, 2.45) is 0 Å². The van der Waals surface area contributed by atoms with Crippen LogP contribution in [0.1, 0.15) is 12.5 Å². The maximum absolute atomic E-state index is 13.0. The zero-order valence-corrected chi connectivity index (χ0v) is 8.81. The third-order valence-corrected chi connectivity index (χ3v) is 2.20. The van der Waals surface area contributed by atoms with E-state index in [2.05, 4.69) is 0 Å². The van der Waals surface area contributed by atoms with Gasteiger partial charge in [0.15, 0.2) is 0 Å². The summed E-state index contributed by atoms with van der Waals surface area (Å²) < 4.78 is 18.0. The Balaban J connectivity index is 3.10. The molecule has 0 saturated heterocycles. The predicted octanol–water partition coefficient (Wildman–Crippen LogP) is 2.41. The highest BCUT2D eigenvalue weighted by atomic mass is 35.5. The Morgan fingerprint density at radius 2 is 2.21 bits per heavy atom. The standard InChI is InChI=1S/C10H12ClFO2/c1-6(13)5-7-3-4-8(12)9(11)10(7)14-2/h3-4,6,13H,5H2,1-2H3. The van der Waals surface area contributed by atoms with Gasteiger partial charge in [0.05, 0.1) is 13.2 Å². The van der Waals surface area contributed by atoms with Crippen LogP contribution in [0.5, 0.6) is 5.75 Å². The van der Waals surface area contributed by atoms with Gasteiger partial charge in [0.25, 0.3) is 0 Å². The van der Waals surface area contributed by atoms with Gasteiger partial charge in [0.1, 0.15) is 16.6 Å². The molecule has 4 heteroatoms. The van der Waals surface area contributed by atoms with E-state index >= 15 is 0 Å². The molecule has 2 nitrogen and oxygen atoms in total. The SMILES string of the molecule is COc1c(CC(C)O)ccc(F)c1Cl. The third-order valence-electron chi connectivity index (χ3n) is 1.85. The summed E-state index contributed by atoms with van der Waals surface area (Å²) in [5, 5.41) is 9.16. The number of hydrogen-bond donors (Lipinski definition) is 1. The average Bonchev–Trinajstić information content (AvgIpc) is 2.11. The monoisotopic (exact) mass is 218 g/mol. The van der Waals surface area contributed by atoms with Crippen molar-refractivity contribution >= 4 is 11.6 Å². The molecule has 1 aromatic rings. The van der Waals surface area contributed by atoms with Crippen LogP contribution in [0, 0.1) is 5.82 Å². The Hall–Kier alpha value is -0.800. The van der Waals surface area contributed by atoms with E-state index in [1.807, 2.05) is 0 Å². The minimum atomic E-state index is -0.516. The Labute approximate surface area is 87.3 Å². The molecule has 14 heavy (non-hydrogen) atoms. The van der Waals surface area contributed by atoms with Crippen molar-refractivity contribution in [1.82, 2.24) is 0 Å². The highest BCUT2D eigenvalue weighted by Gasteiger charge is 2.13. The molecule has 0 spiro atoms. The Morgan fingerprint density at radius 3 is 2.71 bits per heavy atom. The fraction of sp³-hybridized carbons (Fsp3) is 0.400. The molecule has 0 aliphatic heterocycles. The van der Waals surface area contributed by atoms with E-state index in [1.165, 1.54) is 13.2 Å². The molecule has 1 aromatic carbocycles. The molecular weight excluding hydrogens is 207 g/mol. The van der Waals surface area contributed by atoms with Gasteiger partial charge in [-0.15, -0.1) is 0 Å². The van der Waals surface area contributed by atoms with E-state index in [0.29, 0.717) is 17.7 Å². The van der Waals surface area contributed by atoms with Gasteiger partial charge in [-0.25, -0.2) is 4.39 Å². The van der Waals surface area contributed by atoms with Crippen LogP contribution in [0.2, 0.25) is 5.02 Å². The van der Waals surface area contributed by atoms with E-state index < -0.39 is 11.9 Å². The number of ether oxygens (including phenoxy) is 1. The second kappa shape index (κ2) is 4.62. The van der Waals surface area contributed by atoms with Gasteiger partial charge in [-0.2, -0.15) is 0 Å².